The average Bonchev–Trinajstić information content (AvgIpc) is 2.68. The number of nitrogens with one attached hydrogen (secondary N) is 3. The summed E-state index contributed by atoms with van der Waals surface area (Å²) in [6, 6.07) is 10.3. The molecule has 2 aromatic carbocycles. The highest BCUT2D eigenvalue weighted by atomic mass is 35.5. The minimum Gasteiger partial charge on any atom is -0.495 e. The Morgan fingerprint density at radius 2 is 1.73 bits per heavy atom. The summed E-state index contributed by atoms with van der Waals surface area (Å²) < 4.78 is 5.16. The molecule has 0 saturated heterocycles. The molecule has 30 heavy (non-hydrogen) atoms. The van der Waals surface area contributed by atoms with Crippen molar-refractivity contribution in [3.63, 3.8) is 0 Å². The zero-order chi connectivity index (χ0) is 22.3. The van der Waals surface area contributed by atoms with Crippen molar-refractivity contribution in [3.8, 4) is 5.75 Å². The number of carbonyl (C=O) groups is 3. The van der Waals surface area contributed by atoms with Crippen LogP contribution in [0.5, 0.6) is 5.75 Å². The first-order valence-corrected chi connectivity index (χ1v) is 9.42. The van der Waals surface area contributed by atoms with Gasteiger partial charge in [0.15, 0.2) is 0 Å². The summed E-state index contributed by atoms with van der Waals surface area (Å²) in [5, 5.41) is 9.60. The fraction of sp³-hybridized carbons (Fsp3) is 0.238. The van der Waals surface area contributed by atoms with Gasteiger partial charge in [-0.3, -0.25) is 14.4 Å². The Bertz CT molecular complexity index is 1000. The normalized spacial score (nSPS) is 10.9. The summed E-state index contributed by atoms with van der Waals surface area (Å²) in [6.07, 6.45) is -0.0599. The lowest BCUT2D eigenvalue weighted by Gasteiger charge is -2.10. The fourth-order valence-electron chi connectivity index (χ4n) is 2.53. The number of rotatable bonds is 6. The molecular formula is C21H23ClN4O4. The summed E-state index contributed by atoms with van der Waals surface area (Å²) in [5.41, 5.74) is 5.18. The number of hydrogen-bond acceptors (Lipinski definition) is 5. The number of aryl methyl sites for hydroxylation is 2. The Kier molecular flexibility index (Phi) is 7.94. The van der Waals surface area contributed by atoms with Crippen LogP contribution in [0.4, 0.5) is 11.4 Å². The van der Waals surface area contributed by atoms with Gasteiger partial charge in [0, 0.05) is 16.4 Å². The molecule has 2 rings (SSSR count). The molecule has 9 heteroatoms. The molecule has 8 nitrogen and oxygen atoms in total. The topological polar surface area (TPSA) is 109 Å². The van der Waals surface area contributed by atoms with E-state index in [-0.39, 0.29) is 12.3 Å². The minimum absolute atomic E-state index is 0.0599. The van der Waals surface area contributed by atoms with Gasteiger partial charge in [0.25, 0.3) is 0 Å². The van der Waals surface area contributed by atoms with Crippen molar-refractivity contribution in [1.29, 1.82) is 0 Å². The van der Waals surface area contributed by atoms with E-state index in [0.29, 0.717) is 27.9 Å². The number of ether oxygens (including phenoxy) is 1. The molecule has 3 amide bonds. The van der Waals surface area contributed by atoms with Crippen LogP contribution in [-0.4, -0.2) is 30.5 Å². The van der Waals surface area contributed by atoms with Crippen LogP contribution in [0.25, 0.3) is 0 Å². The van der Waals surface area contributed by atoms with Gasteiger partial charge in [-0.25, -0.2) is 5.43 Å². The number of halogens is 1. The Hall–Kier alpha value is -3.39. The van der Waals surface area contributed by atoms with Crippen molar-refractivity contribution < 1.29 is 19.1 Å². The van der Waals surface area contributed by atoms with E-state index < -0.39 is 11.8 Å². The molecule has 0 aliphatic carbocycles. The molecule has 0 bridgehead atoms. The predicted molar refractivity (Wildman–Crippen MR) is 117 cm³/mol. The predicted octanol–water partition coefficient (Wildman–Crippen LogP) is 3.42. The molecule has 0 heterocycles. The van der Waals surface area contributed by atoms with Gasteiger partial charge in [0.05, 0.1) is 19.2 Å². The summed E-state index contributed by atoms with van der Waals surface area (Å²) in [4.78, 5) is 36.3. The molecule has 2 aromatic rings. The van der Waals surface area contributed by atoms with E-state index in [0.717, 1.165) is 11.1 Å². The molecule has 0 atom stereocenters. The number of benzene rings is 2. The summed E-state index contributed by atoms with van der Waals surface area (Å²) in [5.74, 6) is -1.76. The van der Waals surface area contributed by atoms with Crippen LogP contribution in [0.2, 0.25) is 5.02 Å². The summed E-state index contributed by atoms with van der Waals surface area (Å²) >= 11 is 5.90. The monoisotopic (exact) mass is 430 g/mol. The van der Waals surface area contributed by atoms with Crippen molar-refractivity contribution in [1.82, 2.24) is 5.43 Å². The van der Waals surface area contributed by atoms with E-state index in [1.54, 1.807) is 37.3 Å². The van der Waals surface area contributed by atoms with Gasteiger partial charge in [-0.2, -0.15) is 5.10 Å². The first-order chi connectivity index (χ1) is 14.2. The lowest BCUT2D eigenvalue weighted by molar-refractivity contribution is -0.136. The van der Waals surface area contributed by atoms with E-state index in [9.17, 15) is 14.4 Å². The Morgan fingerprint density at radius 1 is 1.00 bits per heavy atom. The maximum absolute atomic E-state index is 12.2. The van der Waals surface area contributed by atoms with Crippen LogP contribution in [0.3, 0.4) is 0 Å². The fourth-order valence-corrected chi connectivity index (χ4v) is 2.76. The molecule has 0 aromatic heterocycles. The molecule has 0 saturated carbocycles. The van der Waals surface area contributed by atoms with Gasteiger partial charge < -0.3 is 15.4 Å². The second-order valence-corrected chi connectivity index (χ2v) is 7.07. The Balaban J connectivity index is 1.91. The van der Waals surface area contributed by atoms with Crippen molar-refractivity contribution in [2.45, 2.75) is 27.2 Å². The molecule has 0 spiro atoms. The lowest BCUT2D eigenvalue weighted by atomic mass is 10.2. The number of hydrogen-bond donors (Lipinski definition) is 3. The van der Waals surface area contributed by atoms with Crippen LogP contribution in [-0.2, 0) is 14.4 Å². The van der Waals surface area contributed by atoms with E-state index in [2.05, 4.69) is 21.2 Å². The number of methoxy groups -OCH3 is 1. The van der Waals surface area contributed by atoms with Gasteiger partial charge in [-0.05, 0) is 62.2 Å². The van der Waals surface area contributed by atoms with Crippen molar-refractivity contribution in [2.75, 3.05) is 17.7 Å². The SMILES string of the molecule is COc1ccc(C)cc1NC(=O)C(=O)N/N=C(\C)CC(=O)Nc1ccc(Cl)cc1C. The number of amides is 3. The standard InChI is InChI=1S/C21H23ClN4O4/c1-12-5-8-18(30-4)17(9-12)24-20(28)21(29)26-25-14(3)11-19(27)23-16-7-6-15(22)10-13(16)2/h5-10H,11H2,1-4H3,(H,23,27)(H,24,28)(H,26,29)/b25-14+. The molecule has 0 fully saturated rings. The van der Waals surface area contributed by atoms with Crippen LogP contribution < -0.4 is 20.8 Å². The molecular weight excluding hydrogens is 408 g/mol. The maximum Gasteiger partial charge on any atom is 0.329 e. The Labute approximate surface area is 179 Å². The third-order valence-electron chi connectivity index (χ3n) is 4.04. The molecule has 0 unspecified atom stereocenters. The van der Waals surface area contributed by atoms with Crippen molar-refractivity contribution in [2.24, 2.45) is 5.10 Å². The van der Waals surface area contributed by atoms with E-state index in [4.69, 9.17) is 16.3 Å². The smallest absolute Gasteiger partial charge is 0.329 e. The van der Waals surface area contributed by atoms with E-state index >= 15 is 0 Å². The molecule has 158 valence electrons. The largest absolute Gasteiger partial charge is 0.495 e. The van der Waals surface area contributed by atoms with Crippen LogP contribution in [0.15, 0.2) is 41.5 Å². The average molecular weight is 431 g/mol. The number of anilines is 2. The second kappa shape index (κ2) is 10.4. The van der Waals surface area contributed by atoms with Crippen LogP contribution in [0, 0.1) is 13.8 Å². The van der Waals surface area contributed by atoms with E-state index in [1.807, 2.05) is 19.9 Å². The van der Waals surface area contributed by atoms with Gasteiger partial charge in [-0.15, -0.1) is 0 Å². The zero-order valence-electron chi connectivity index (χ0n) is 17.1. The zero-order valence-corrected chi connectivity index (χ0v) is 17.9. The van der Waals surface area contributed by atoms with Gasteiger partial charge >= 0.3 is 11.8 Å². The third-order valence-corrected chi connectivity index (χ3v) is 4.27. The second-order valence-electron chi connectivity index (χ2n) is 6.63. The van der Waals surface area contributed by atoms with E-state index in [1.165, 1.54) is 7.11 Å². The highest BCUT2D eigenvalue weighted by Gasteiger charge is 2.16. The van der Waals surface area contributed by atoms with Crippen LogP contribution in [0.1, 0.15) is 24.5 Å². The highest BCUT2D eigenvalue weighted by Crippen LogP contribution is 2.25. The van der Waals surface area contributed by atoms with Gasteiger partial charge in [0.2, 0.25) is 5.91 Å². The minimum atomic E-state index is -0.966. The lowest BCUT2D eigenvalue weighted by Crippen LogP contribution is -2.33. The quantitative estimate of drug-likeness (QED) is 0.370. The number of hydrazone groups is 1. The molecule has 3 N–H and O–H groups in total. The van der Waals surface area contributed by atoms with Crippen LogP contribution >= 0.6 is 11.6 Å². The molecule has 0 radical (unpaired) electrons. The van der Waals surface area contributed by atoms with Crippen molar-refractivity contribution in [3.05, 3.63) is 52.5 Å². The number of nitrogens with zero attached hydrogens (tertiary/aromatic N) is 1. The third kappa shape index (κ3) is 6.59. The summed E-state index contributed by atoms with van der Waals surface area (Å²) in [7, 11) is 1.46. The maximum atomic E-state index is 12.2. The van der Waals surface area contributed by atoms with Gasteiger partial charge in [-0.1, -0.05) is 17.7 Å². The molecule has 0 aliphatic rings. The van der Waals surface area contributed by atoms with Gasteiger partial charge in [0.1, 0.15) is 5.75 Å². The van der Waals surface area contributed by atoms with Crippen molar-refractivity contribution >= 4 is 46.4 Å². The molecule has 0 aliphatic heterocycles. The first kappa shape index (κ1) is 22.9. The first-order valence-electron chi connectivity index (χ1n) is 9.04. The highest BCUT2D eigenvalue weighted by molar-refractivity contribution is 6.39. The summed E-state index contributed by atoms with van der Waals surface area (Å²) in [6.45, 7) is 5.24. The Morgan fingerprint density at radius 3 is 2.40 bits per heavy atom. The number of carbonyl (C=O) groups excluding carboxylic acids is 3.